The smallest absolute Gasteiger partial charge is 0.251 e. The van der Waals surface area contributed by atoms with Crippen molar-refractivity contribution in [1.82, 2.24) is 14.5 Å². The van der Waals surface area contributed by atoms with E-state index in [-0.39, 0.29) is 16.8 Å². The topological polar surface area (TPSA) is 82.9 Å². The molecule has 0 bridgehead atoms. The predicted octanol–water partition coefficient (Wildman–Crippen LogP) is 3.80. The van der Waals surface area contributed by atoms with E-state index in [0.717, 1.165) is 57.4 Å². The molecule has 174 valence electrons. The molecule has 0 saturated carbocycles. The van der Waals surface area contributed by atoms with Crippen molar-refractivity contribution >= 4 is 15.9 Å². The van der Waals surface area contributed by atoms with Gasteiger partial charge >= 0.3 is 0 Å². The molecule has 0 aliphatic carbocycles. The molecule has 0 radical (unpaired) electrons. The molecule has 2 aromatic rings. The maximum Gasteiger partial charge on any atom is 0.251 e. The predicted molar refractivity (Wildman–Crippen MR) is 123 cm³/mol. The largest absolute Gasteiger partial charge is 0.468 e. The summed E-state index contributed by atoms with van der Waals surface area (Å²) in [6.07, 6.45) is 9.14. The third-order valence-electron chi connectivity index (χ3n) is 6.48. The Bertz CT molecular complexity index is 959. The number of sulfonamides is 1. The Balaban J connectivity index is 1.40. The third kappa shape index (κ3) is 5.42. The molecule has 1 atom stereocenters. The van der Waals surface area contributed by atoms with E-state index in [1.54, 1.807) is 34.8 Å². The van der Waals surface area contributed by atoms with Gasteiger partial charge in [-0.25, -0.2) is 8.42 Å². The molecular formula is C24H33N3O4S. The first-order valence-electron chi connectivity index (χ1n) is 11.7. The van der Waals surface area contributed by atoms with Gasteiger partial charge in [-0.1, -0.05) is 19.3 Å². The number of rotatable bonds is 7. The summed E-state index contributed by atoms with van der Waals surface area (Å²) in [5, 5.41) is 3.01. The monoisotopic (exact) mass is 459 g/mol. The molecule has 1 N–H and O–H groups in total. The first-order chi connectivity index (χ1) is 15.6. The maximum absolute atomic E-state index is 13.0. The third-order valence-corrected chi connectivity index (χ3v) is 8.39. The fourth-order valence-electron chi connectivity index (χ4n) is 4.62. The SMILES string of the molecule is O=C(NC[C@H](c1ccco1)N1CCCCC1)c1ccc(S(=O)(=O)N2CCCCCC2)cc1. The van der Waals surface area contributed by atoms with Crippen LogP contribution >= 0.6 is 0 Å². The number of hydrogen-bond acceptors (Lipinski definition) is 5. The first kappa shape index (κ1) is 23.0. The van der Waals surface area contributed by atoms with Gasteiger partial charge < -0.3 is 9.73 Å². The minimum atomic E-state index is -3.52. The zero-order valence-electron chi connectivity index (χ0n) is 18.5. The van der Waals surface area contributed by atoms with Crippen molar-refractivity contribution in [3.8, 4) is 0 Å². The Kier molecular flexibility index (Phi) is 7.65. The first-order valence-corrected chi connectivity index (χ1v) is 13.2. The highest BCUT2D eigenvalue weighted by molar-refractivity contribution is 7.89. The average Bonchev–Trinajstić information content (AvgIpc) is 3.20. The second-order valence-corrected chi connectivity index (χ2v) is 10.6. The molecule has 0 spiro atoms. The summed E-state index contributed by atoms with van der Waals surface area (Å²) in [5.74, 6) is 0.642. The van der Waals surface area contributed by atoms with Crippen molar-refractivity contribution in [2.24, 2.45) is 0 Å². The lowest BCUT2D eigenvalue weighted by Gasteiger charge is -2.33. The van der Waals surface area contributed by atoms with Crippen molar-refractivity contribution in [2.75, 3.05) is 32.7 Å². The molecule has 1 amide bonds. The van der Waals surface area contributed by atoms with Crippen LogP contribution in [0, 0.1) is 0 Å². The van der Waals surface area contributed by atoms with E-state index >= 15 is 0 Å². The van der Waals surface area contributed by atoms with Crippen LogP contribution in [-0.2, 0) is 10.0 Å². The number of carbonyl (C=O) groups is 1. The normalized spacial score (nSPS) is 19.9. The maximum atomic E-state index is 13.0. The van der Waals surface area contributed by atoms with Gasteiger partial charge in [-0.3, -0.25) is 9.69 Å². The van der Waals surface area contributed by atoms with E-state index in [1.165, 1.54) is 6.42 Å². The Morgan fingerprint density at radius 1 is 0.906 bits per heavy atom. The van der Waals surface area contributed by atoms with Gasteiger partial charge in [0.15, 0.2) is 0 Å². The van der Waals surface area contributed by atoms with Crippen molar-refractivity contribution in [3.63, 3.8) is 0 Å². The van der Waals surface area contributed by atoms with Crippen LogP contribution in [0.15, 0.2) is 52.0 Å². The number of carbonyl (C=O) groups excluding carboxylic acids is 1. The number of nitrogens with zero attached hydrogens (tertiary/aromatic N) is 2. The molecule has 0 unspecified atom stereocenters. The van der Waals surface area contributed by atoms with E-state index in [9.17, 15) is 13.2 Å². The van der Waals surface area contributed by atoms with Gasteiger partial charge in [0.25, 0.3) is 5.91 Å². The van der Waals surface area contributed by atoms with Gasteiger partial charge in [-0.15, -0.1) is 0 Å². The van der Waals surface area contributed by atoms with Crippen molar-refractivity contribution in [3.05, 3.63) is 54.0 Å². The molecule has 7 nitrogen and oxygen atoms in total. The number of benzene rings is 1. The molecule has 8 heteroatoms. The molecule has 3 heterocycles. The van der Waals surface area contributed by atoms with Crippen molar-refractivity contribution in [2.45, 2.75) is 55.9 Å². The van der Waals surface area contributed by atoms with Crippen molar-refractivity contribution < 1.29 is 17.6 Å². The molecule has 2 fully saturated rings. The van der Waals surface area contributed by atoms with Crippen LogP contribution < -0.4 is 5.32 Å². The van der Waals surface area contributed by atoms with Gasteiger partial charge in [0.1, 0.15) is 5.76 Å². The minimum Gasteiger partial charge on any atom is -0.468 e. The van der Waals surface area contributed by atoms with E-state index in [1.807, 2.05) is 12.1 Å². The van der Waals surface area contributed by atoms with Gasteiger partial charge in [-0.05, 0) is 75.2 Å². The number of furan rings is 1. The number of hydrogen-bond donors (Lipinski definition) is 1. The zero-order valence-corrected chi connectivity index (χ0v) is 19.4. The molecule has 2 saturated heterocycles. The zero-order chi connectivity index (χ0) is 22.4. The lowest BCUT2D eigenvalue weighted by Crippen LogP contribution is -2.40. The average molecular weight is 460 g/mol. The molecule has 1 aromatic carbocycles. The highest BCUT2D eigenvalue weighted by atomic mass is 32.2. The fraction of sp³-hybridized carbons (Fsp3) is 0.542. The lowest BCUT2D eigenvalue weighted by molar-refractivity contribution is 0.0914. The minimum absolute atomic E-state index is 0.00284. The molecule has 4 rings (SSSR count). The van der Waals surface area contributed by atoms with Crippen LogP contribution in [0.1, 0.15) is 67.1 Å². The van der Waals surface area contributed by atoms with Crippen LogP contribution in [0.2, 0.25) is 0 Å². The summed E-state index contributed by atoms with van der Waals surface area (Å²) in [6, 6.07) is 10.1. The van der Waals surface area contributed by atoms with Gasteiger partial charge in [-0.2, -0.15) is 4.31 Å². The van der Waals surface area contributed by atoms with Crippen molar-refractivity contribution in [1.29, 1.82) is 0 Å². The highest BCUT2D eigenvalue weighted by Gasteiger charge is 2.27. The Hall–Kier alpha value is -2.16. The van der Waals surface area contributed by atoms with Gasteiger partial charge in [0.05, 0.1) is 17.2 Å². The number of piperidine rings is 1. The second kappa shape index (κ2) is 10.6. The summed E-state index contributed by atoms with van der Waals surface area (Å²) in [6.45, 7) is 3.55. The second-order valence-electron chi connectivity index (χ2n) is 8.68. The summed E-state index contributed by atoms with van der Waals surface area (Å²) in [4.78, 5) is 15.4. The van der Waals surface area contributed by atoms with E-state index in [0.29, 0.717) is 25.2 Å². The van der Waals surface area contributed by atoms with Gasteiger partial charge in [0.2, 0.25) is 10.0 Å². The summed E-state index contributed by atoms with van der Waals surface area (Å²) >= 11 is 0. The molecular weight excluding hydrogens is 426 g/mol. The van der Waals surface area contributed by atoms with Crippen LogP contribution in [0.5, 0.6) is 0 Å². The molecule has 2 aliphatic heterocycles. The molecule has 32 heavy (non-hydrogen) atoms. The van der Waals surface area contributed by atoms with E-state index in [4.69, 9.17) is 4.42 Å². The summed E-state index contributed by atoms with van der Waals surface area (Å²) in [7, 11) is -3.52. The Labute approximate surface area is 190 Å². The van der Waals surface area contributed by atoms with Crippen LogP contribution in [0.4, 0.5) is 0 Å². The Morgan fingerprint density at radius 2 is 1.53 bits per heavy atom. The van der Waals surface area contributed by atoms with Crippen LogP contribution in [-0.4, -0.2) is 56.3 Å². The highest BCUT2D eigenvalue weighted by Crippen LogP contribution is 2.25. The lowest BCUT2D eigenvalue weighted by atomic mass is 10.1. The number of amides is 1. The Morgan fingerprint density at radius 3 is 2.16 bits per heavy atom. The quantitative estimate of drug-likeness (QED) is 0.681. The van der Waals surface area contributed by atoms with E-state index in [2.05, 4.69) is 10.2 Å². The van der Waals surface area contributed by atoms with Crippen LogP contribution in [0.3, 0.4) is 0 Å². The molecule has 1 aromatic heterocycles. The summed E-state index contributed by atoms with van der Waals surface area (Å²) < 4.78 is 33.1. The number of nitrogens with one attached hydrogen (secondary N) is 1. The van der Waals surface area contributed by atoms with Crippen LogP contribution in [0.25, 0.3) is 0 Å². The summed E-state index contributed by atoms with van der Waals surface area (Å²) in [5.41, 5.74) is 0.455. The van der Waals surface area contributed by atoms with E-state index < -0.39 is 10.0 Å². The van der Waals surface area contributed by atoms with Gasteiger partial charge in [0, 0.05) is 25.2 Å². The fourth-order valence-corrected chi connectivity index (χ4v) is 6.14. The number of likely N-dealkylation sites (tertiary alicyclic amines) is 1. The standard InChI is InChI=1S/C24H33N3O4S/c28-24(25-19-22(23-9-8-18-31-23)26-14-4-3-5-15-26)20-10-12-21(13-11-20)32(29,30)27-16-6-1-2-7-17-27/h8-13,18,22H,1-7,14-17,19H2,(H,25,28)/t22-/m1/s1. The molecule has 2 aliphatic rings.